The Hall–Kier alpha value is -1.62. The lowest BCUT2D eigenvalue weighted by atomic mass is 10.1. The van der Waals surface area contributed by atoms with Crippen molar-refractivity contribution < 1.29 is 8.78 Å². The fourth-order valence-electron chi connectivity index (χ4n) is 1.33. The predicted molar refractivity (Wildman–Crippen MR) is 58.0 cm³/mol. The topological polar surface area (TPSA) is 43.8 Å². The van der Waals surface area contributed by atoms with Crippen molar-refractivity contribution in [1.29, 1.82) is 0 Å². The maximum atomic E-state index is 13.1. The lowest BCUT2D eigenvalue weighted by Gasteiger charge is -2.01. The number of nitrogens with zero attached hydrogens (tertiary/aromatic N) is 2. The zero-order valence-electron chi connectivity index (χ0n) is 8.34. The maximum absolute atomic E-state index is 13.1. The molecule has 1 heterocycles. The molecule has 0 fully saturated rings. The first-order valence-electron chi connectivity index (χ1n) is 4.43. The normalized spacial score (nSPS) is 10.8. The van der Waals surface area contributed by atoms with Crippen LogP contribution in [0, 0.1) is 11.6 Å². The average Bonchev–Trinajstić information content (AvgIpc) is 2.53. The third-order valence-corrected chi connectivity index (χ3v) is 2.51. The Morgan fingerprint density at radius 1 is 1.25 bits per heavy atom. The summed E-state index contributed by atoms with van der Waals surface area (Å²) in [6, 6.07) is 3.45. The molecular formula is C10H8ClF2N3. The van der Waals surface area contributed by atoms with E-state index in [0.29, 0.717) is 17.1 Å². The minimum atomic E-state index is -0.988. The summed E-state index contributed by atoms with van der Waals surface area (Å²) in [6.45, 7) is 0. The van der Waals surface area contributed by atoms with E-state index in [1.54, 1.807) is 13.1 Å². The number of nitrogens with two attached hydrogens (primary N) is 1. The van der Waals surface area contributed by atoms with Gasteiger partial charge in [0.15, 0.2) is 11.6 Å². The number of hydrogen-bond acceptors (Lipinski definition) is 2. The zero-order valence-corrected chi connectivity index (χ0v) is 9.09. The molecule has 2 aromatic rings. The fourth-order valence-corrected chi connectivity index (χ4v) is 1.58. The first-order valence-corrected chi connectivity index (χ1v) is 4.81. The van der Waals surface area contributed by atoms with Gasteiger partial charge in [-0.1, -0.05) is 11.6 Å². The van der Waals surface area contributed by atoms with E-state index in [1.807, 2.05) is 0 Å². The van der Waals surface area contributed by atoms with Crippen molar-refractivity contribution in [2.24, 2.45) is 7.05 Å². The van der Waals surface area contributed by atoms with Crippen LogP contribution in [0.4, 0.5) is 14.6 Å². The molecule has 0 aliphatic carbocycles. The van der Waals surface area contributed by atoms with Gasteiger partial charge in [-0.25, -0.2) is 8.78 Å². The average molecular weight is 244 g/mol. The molecule has 0 bridgehead atoms. The molecule has 0 atom stereocenters. The van der Waals surface area contributed by atoms with Gasteiger partial charge >= 0.3 is 0 Å². The molecule has 1 aromatic carbocycles. The van der Waals surface area contributed by atoms with E-state index in [0.717, 1.165) is 12.1 Å². The Labute approximate surface area is 95.4 Å². The number of hydrogen-bond donors (Lipinski definition) is 1. The number of nitrogen functional groups attached to an aromatic ring is 1. The van der Waals surface area contributed by atoms with Crippen LogP contribution < -0.4 is 5.73 Å². The van der Waals surface area contributed by atoms with Crippen molar-refractivity contribution in [3.63, 3.8) is 0 Å². The summed E-state index contributed by atoms with van der Waals surface area (Å²) in [5, 5.41) is 4.12. The molecule has 2 N–H and O–H groups in total. The molecule has 16 heavy (non-hydrogen) atoms. The molecular weight excluding hydrogens is 236 g/mol. The van der Waals surface area contributed by atoms with Gasteiger partial charge in [0.1, 0.15) is 5.82 Å². The third kappa shape index (κ3) is 1.74. The molecule has 0 saturated heterocycles. The Morgan fingerprint density at radius 2 is 1.88 bits per heavy atom. The number of aromatic nitrogens is 2. The molecule has 1 aromatic heterocycles. The van der Waals surface area contributed by atoms with Gasteiger partial charge in [0.2, 0.25) is 0 Å². The van der Waals surface area contributed by atoms with E-state index in [1.165, 1.54) is 4.68 Å². The number of halogens is 3. The first kappa shape index (κ1) is 10.9. The Morgan fingerprint density at radius 3 is 2.44 bits per heavy atom. The van der Waals surface area contributed by atoms with Crippen molar-refractivity contribution in [2.45, 2.75) is 0 Å². The van der Waals surface area contributed by atoms with E-state index in [4.69, 9.17) is 17.3 Å². The third-order valence-electron chi connectivity index (χ3n) is 2.20. The highest BCUT2D eigenvalue weighted by atomic mass is 35.5. The predicted octanol–water partition coefficient (Wildman–Crippen LogP) is 2.60. The summed E-state index contributed by atoms with van der Waals surface area (Å²) in [5.74, 6) is -1.54. The van der Waals surface area contributed by atoms with Crippen LogP contribution in [-0.2, 0) is 7.05 Å². The van der Waals surface area contributed by atoms with Gasteiger partial charge < -0.3 is 5.73 Å². The molecule has 6 heteroatoms. The minimum Gasteiger partial charge on any atom is -0.384 e. The van der Waals surface area contributed by atoms with Crippen LogP contribution in [0.25, 0.3) is 11.3 Å². The second-order valence-electron chi connectivity index (χ2n) is 3.32. The Balaban J connectivity index is 2.60. The Kier molecular flexibility index (Phi) is 2.55. The second-order valence-corrected chi connectivity index (χ2v) is 3.73. The molecule has 2 rings (SSSR count). The smallest absolute Gasteiger partial charge is 0.160 e. The van der Waals surface area contributed by atoms with Gasteiger partial charge in [-0.3, -0.25) is 4.68 Å². The van der Waals surface area contributed by atoms with Gasteiger partial charge in [0, 0.05) is 18.7 Å². The van der Waals surface area contributed by atoms with Crippen LogP contribution in [0.3, 0.4) is 0 Å². The molecule has 0 aliphatic rings. The quantitative estimate of drug-likeness (QED) is 0.783. The Bertz CT molecular complexity index is 532. The van der Waals surface area contributed by atoms with Crippen LogP contribution >= 0.6 is 11.6 Å². The fraction of sp³-hybridized carbons (Fsp3) is 0.100. The molecule has 0 amide bonds. The largest absolute Gasteiger partial charge is 0.384 e. The lowest BCUT2D eigenvalue weighted by molar-refractivity contribution is 0.509. The van der Waals surface area contributed by atoms with Gasteiger partial charge in [-0.2, -0.15) is 5.10 Å². The summed E-state index contributed by atoms with van der Waals surface area (Å²) in [6.07, 6.45) is 0. The highest BCUT2D eigenvalue weighted by Crippen LogP contribution is 2.29. The summed E-state index contributed by atoms with van der Waals surface area (Å²) < 4.78 is 27.3. The number of anilines is 1. The maximum Gasteiger partial charge on any atom is 0.160 e. The van der Waals surface area contributed by atoms with E-state index >= 15 is 0 Å². The summed E-state index contributed by atoms with van der Waals surface area (Å²) in [4.78, 5) is 0. The van der Waals surface area contributed by atoms with Crippen molar-refractivity contribution >= 4 is 17.4 Å². The SMILES string of the molecule is Cn1nc(-c2cc(F)c(F)cc2Cl)cc1N. The van der Waals surface area contributed by atoms with Gasteiger partial charge in [-0.05, 0) is 12.1 Å². The molecule has 0 saturated carbocycles. The highest BCUT2D eigenvalue weighted by Gasteiger charge is 2.13. The molecule has 84 valence electrons. The minimum absolute atomic E-state index is 0.0944. The van der Waals surface area contributed by atoms with Crippen LogP contribution in [0.2, 0.25) is 5.02 Å². The van der Waals surface area contributed by atoms with Crippen LogP contribution in [0.15, 0.2) is 18.2 Å². The molecule has 0 radical (unpaired) electrons. The van der Waals surface area contributed by atoms with E-state index in [9.17, 15) is 8.78 Å². The molecule has 0 aliphatic heterocycles. The molecule has 0 unspecified atom stereocenters. The second kappa shape index (κ2) is 3.75. The summed E-state index contributed by atoms with van der Waals surface area (Å²) >= 11 is 5.80. The molecule has 3 nitrogen and oxygen atoms in total. The zero-order chi connectivity index (χ0) is 11.9. The van der Waals surface area contributed by atoms with Gasteiger partial charge in [-0.15, -0.1) is 0 Å². The highest BCUT2D eigenvalue weighted by molar-refractivity contribution is 6.33. The van der Waals surface area contributed by atoms with E-state index < -0.39 is 11.6 Å². The van der Waals surface area contributed by atoms with E-state index in [-0.39, 0.29) is 5.02 Å². The van der Waals surface area contributed by atoms with Gasteiger partial charge in [0.05, 0.1) is 10.7 Å². The van der Waals surface area contributed by atoms with Crippen LogP contribution in [-0.4, -0.2) is 9.78 Å². The van der Waals surface area contributed by atoms with Crippen molar-refractivity contribution in [3.05, 3.63) is 34.9 Å². The standard InChI is InChI=1S/C10H8ClF2N3/c1-16-10(14)4-9(15-16)5-2-7(12)8(13)3-6(5)11/h2-4H,14H2,1H3. The first-order chi connectivity index (χ1) is 7.49. The van der Waals surface area contributed by atoms with Crippen molar-refractivity contribution in [3.8, 4) is 11.3 Å². The number of aryl methyl sites for hydroxylation is 1. The number of rotatable bonds is 1. The number of benzene rings is 1. The monoisotopic (exact) mass is 243 g/mol. The summed E-state index contributed by atoms with van der Waals surface area (Å²) in [5.41, 5.74) is 6.30. The van der Waals surface area contributed by atoms with E-state index in [2.05, 4.69) is 5.10 Å². The lowest BCUT2D eigenvalue weighted by Crippen LogP contribution is -1.96. The molecule has 0 spiro atoms. The van der Waals surface area contributed by atoms with Crippen molar-refractivity contribution in [2.75, 3.05) is 5.73 Å². The van der Waals surface area contributed by atoms with Gasteiger partial charge in [0.25, 0.3) is 0 Å². The van der Waals surface area contributed by atoms with Crippen molar-refractivity contribution in [1.82, 2.24) is 9.78 Å². The summed E-state index contributed by atoms with van der Waals surface area (Å²) in [7, 11) is 1.65. The van der Waals surface area contributed by atoms with Crippen LogP contribution in [0.5, 0.6) is 0 Å². The van der Waals surface area contributed by atoms with Crippen LogP contribution in [0.1, 0.15) is 0 Å².